The van der Waals surface area contributed by atoms with E-state index >= 15 is 0 Å². The van der Waals surface area contributed by atoms with Gasteiger partial charge in [-0.1, -0.05) is 0 Å². The Kier molecular flexibility index (Phi) is 3.68. The van der Waals surface area contributed by atoms with Crippen LogP contribution in [0.2, 0.25) is 19.6 Å². The summed E-state index contributed by atoms with van der Waals surface area (Å²) in [6.45, 7) is 9.26. The van der Waals surface area contributed by atoms with Crippen LogP contribution in [0.1, 0.15) is 13.3 Å². The van der Waals surface area contributed by atoms with Crippen LogP contribution < -0.4 is 0 Å². The van der Waals surface area contributed by atoms with Gasteiger partial charge in [-0.2, -0.15) is 0 Å². The molecule has 0 aromatic rings. The second-order valence-corrected chi connectivity index (χ2v) is 9.84. The van der Waals surface area contributed by atoms with Crippen LogP contribution in [-0.2, 0) is 13.3 Å². The molecule has 1 rings (SSSR count). The molecule has 0 radical (unpaired) electrons. The van der Waals surface area contributed by atoms with Crippen LogP contribution in [0.25, 0.3) is 0 Å². The minimum atomic E-state index is -1.50. The highest BCUT2D eigenvalue weighted by Gasteiger charge is 2.28. The van der Waals surface area contributed by atoms with Crippen LogP contribution in [0.4, 0.5) is 0 Å². The molecule has 1 aliphatic rings. The summed E-state index contributed by atoms with van der Waals surface area (Å²) in [5.74, 6) is 0. The molecule has 2 atom stereocenters. The van der Waals surface area contributed by atoms with Crippen molar-refractivity contribution in [2.75, 3.05) is 6.61 Å². The van der Waals surface area contributed by atoms with Gasteiger partial charge >= 0.3 is 8.60 Å². The summed E-state index contributed by atoms with van der Waals surface area (Å²) in [4.78, 5) is 0. The smallest absolute Gasteiger partial charge is 0.322 e. The average molecular weight is 208 g/mol. The molecule has 0 N–H and O–H groups in total. The lowest BCUT2D eigenvalue weighted by Crippen LogP contribution is -2.26. The predicted octanol–water partition coefficient (Wildman–Crippen LogP) is 2.89. The third kappa shape index (κ3) is 3.96. The van der Waals surface area contributed by atoms with Gasteiger partial charge in [0.05, 0.1) is 12.7 Å². The first-order valence-electron chi connectivity index (χ1n) is 4.26. The minimum Gasteiger partial charge on any atom is -0.355 e. The van der Waals surface area contributed by atoms with Crippen molar-refractivity contribution in [3.63, 3.8) is 0 Å². The fraction of sp³-hybridized carbons (Fsp3) is 1.00. The SMILES string of the molecule is C[C@H]1CCO[P@](O[Si](C)(C)C)O1. The summed E-state index contributed by atoms with van der Waals surface area (Å²) < 4.78 is 16.6. The van der Waals surface area contributed by atoms with Gasteiger partial charge < -0.3 is 13.3 Å². The third-order valence-corrected chi connectivity index (χ3v) is 5.05. The largest absolute Gasteiger partial charge is 0.355 e. The lowest BCUT2D eigenvalue weighted by Gasteiger charge is -2.30. The zero-order valence-electron chi connectivity index (χ0n) is 8.16. The van der Waals surface area contributed by atoms with Crippen LogP contribution in [0.5, 0.6) is 0 Å². The quantitative estimate of drug-likeness (QED) is 0.516. The van der Waals surface area contributed by atoms with E-state index in [4.69, 9.17) is 13.3 Å². The maximum atomic E-state index is 5.71. The molecule has 1 saturated heterocycles. The lowest BCUT2D eigenvalue weighted by atomic mass is 10.3. The molecule has 0 bridgehead atoms. The van der Waals surface area contributed by atoms with Crippen molar-refractivity contribution in [2.24, 2.45) is 0 Å². The Morgan fingerprint density at radius 3 is 2.58 bits per heavy atom. The van der Waals surface area contributed by atoms with Gasteiger partial charge in [-0.3, -0.25) is 0 Å². The Labute approximate surface area is 76.5 Å². The molecule has 72 valence electrons. The van der Waals surface area contributed by atoms with Crippen LogP contribution in [0, 0.1) is 0 Å². The number of hydrogen-bond acceptors (Lipinski definition) is 3. The molecular weight excluding hydrogens is 191 g/mol. The molecule has 0 unspecified atom stereocenters. The zero-order chi connectivity index (χ0) is 9.19. The Morgan fingerprint density at radius 1 is 1.42 bits per heavy atom. The summed E-state index contributed by atoms with van der Waals surface area (Å²) in [7, 11) is -2.53. The second kappa shape index (κ2) is 4.16. The molecule has 0 aliphatic carbocycles. The van der Waals surface area contributed by atoms with Crippen molar-refractivity contribution in [2.45, 2.75) is 39.1 Å². The van der Waals surface area contributed by atoms with E-state index in [-0.39, 0.29) is 0 Å². The summed E-state index contributed by atoms with van der Waals surface area (Å²) >= 11 is 0. The van der Waals surface area contributed by atoms with Crippen LogP contribution in [0.15, 0.2) is 0 Å². The predicted molar refractivity (Wildman–Crippen MR) is 52.5 cm³/mol. The van der Waals surface area contributed by atoms with Crippen molar-refractivity contribution >= 4 is 16.9 Å². The van der Waals surface area contributed by atoms with Gasteiger partial charge in [-0.05, 0) is 33.0 Å². The highest BCUT2D eigenvalue weighted by atomic mass is 31.2. The molecule has 5 heteroatoms. The van der Waals surface area contributed by atoms with E-state index < -0.39 is 16.9 Å². The standard InChI is InChI=1S/C7H17O3PSi/c1-7-5-6-8-11(9-7)10-12(2,3)4/h7H,5-6H2,1-4H3/t7-,11-/m0/s1. The molecule has 0 spiro atoms. The fourth-order valence-corrected chi connectivity index (χ4v) is 3.68. The lowest BCUT2D eigenvalue weighted by molar-refractivity contribution is 0.0927. The molecular formula is C7H17O3PSi. The van der Waals surface area contributed by atoms with Crippen molar-refractivity contribution < 1.29 is 13.3 Å². The molecule has 0 amide bonds. The maximum Gasteiger partial charge on any atom is 0.322 e. The molecule has 0 saturated carbocycles. The summed E-state index contributed by atoms with van der Waals surface area (Å²) in [5, 5.41) is 0. The first-order valence-corrected chi connectivity index (χ1v) is 8.77. The van der Waals surface area contributed by atoms with Gasteiger partial charge in [0, 0.05) is 0 Å². The molecule has 1 fully saturated rings. The molecule has 0 aromatic carbocycles. The van der Waals surface area contributed by atoms with E-state index in [1.165, 1.54) is 0 Å². The highest BCUT2D eigenvalue weighted by Crippen LogP contribution is 2.46. The van der Waals surface area contributed by atoms with Crippen molar-refractivity contribution in [3.8, 4) is 0 Å². The van der Waals surface area contributed by atoms with Crippen LogP contribution in [0.3, 0.4) is 0 Å². The van der Waals surface area contributed by atoms with E-state index in [2.05, 4.69) is 26.6 Å². The van der Waals surface area contributed by atoms with Gasteiger partial charge in [-0.15, -0.1) is 0 Å². The number of rotatable bonds is 2. The minimum absolute atomic E-state index is 0.293. The Hall–Kier alpha value is 0.527. The Balaban J connectivity index is 2.32. The first kappa shape index (κ1) is 10.6. The Morgan fingerprint density at radius 2 is 2.08 bits per heavy atom. The van der Waals surface area contributed by atoms with Crippen molar-refractivity contribution in [3.05, 3.63) is 0 Å². The summed E-state index contributed by atoms with van der Waals surface area (Å²) in [6.07, 6.45) is 1.27. The van der Waals surface area contributed by atoms with Crippen molar-refractivity contribution in [1.29, 1.82) is 0 Å². The average Bonchev–Trinajstić information content (AvgIpc) is 1.82. The molecule has 3 nitrogen and oxygen atoms in total. The normalized spacial score (nSPS) is 32.0. The molecule has 1 aliphatic heterocycles. The van der Waals surface area contributed by atoms with Gasteiger partial charge in [0.1, 0.15) is 0 Å². The summed E-state index contributed by atoms with van der Waals surface area (Å²) in [5.41, 5.74) is 0. The Bertz CT molecular complexity index is 148. The van der Waals surface area contributed by atoms with Crippen molar-refractivity contribution in [1.82, 2.24) is 0 Å². The monoisotopic (exact) mass is 208 g/mol. The number of hydrogen-bond donors (Lipinski definition) is 0. The molecule has 1 heterocycles. The van der Waals surface area contributed by atoms with E-state index in [1.54, 1.807) is 0 Å². The summed E-state index contributed by atoms with van der Waals surface area (Å²) in [6, 6.07) is 0. The van der Waals surface area contributed by atoms with Gasteiger partial charge in [-0.25, -0.2) is 0 Å². The first-order chi connectivity index (χ1) is 5.47. The van der Waals surface area contributed by atoms with Gasteiger partial charge in [0.15, 0.2) is 8.32 Å². The van der Waals surface area contributed by atoms with E-state index in [0.29, 0.717) is 6.10 Å². The topological polar surface area (TPSA) is 27.7 Å². The third-order valence-electron chi connectivity index (χ3n) is 1.34. The molecule has 12 heavy (non-hydrogen) atoms. The van der Waals surface area contributed by atoms with E-state index in [9.17, 15) is 0 Å². The van der Waals surface area contributed by atoms with Gasteiger partial charge in [0.25, 0.3) is 0 Å². The second-order valence-electron chi connectivity index (χ2n) is 3.97. The van der Waals surface area contributed by atoms with E-state index in [0.717, 1.165) is 13.0 Å². The maximum absolute atomic E-state index is 5.71. The van der Waals surface area contributed by atoms with Crippen LogP contribution in [-0.4, -0.2) is 21.0 Å². The highest BCUT2D eigenvalue weighted by molar-refractivity contribution is 7.43. The van der Waals surface area contributed by atoms with Crippen LogP contribution >= 0.6 is 8.60 Å². The molecule has 0 aromatic heterocycles. The zero-order valence-corrected chi connectivity index (χ0v) is 10.1. The fourth-order valence-electron chi connectivity index (χ4n) is 0.795. The van der Waals surface area contributed by atoms with E-state index in [1.807, 2.05) is 0 Å². The van der Waals surface area contributed by atoms with Gasteiger partial charge in [0.2, 0.25) is 0 Å².